The second-order valence-corrected chi connectivity index (χ2v) is 7.30. The first kappa shape index (κ1) is 20.4. The van der Waals surface area contributed by atoms with Crippen LogP contribution in [0.5, 0.6) is 5.75 Å². The molecule has 4 rings (SSSR count). The van der Waals surface area contributed by atoms with Crippen molar-refractivity contribution in [2.24, 2.45) is 0 Å². The van der Waals surface area contributed by atoms with Crippen LogP contribution in [-0.2, 0) is 16.0 Å². The van der Waals surface area contributed by atoms with Crippen molar-refractivity contribution in [3.63, 3.8) is 0 Å². The van der Waals surface area contributed by atoms with Crippen LogP contribution in [0.15, 0.2) is 67.0 Å². The van der Waals surface area contributed by atoms with E-state index in [0.717, 1.165) is 22.3 Å². The molecule has 31 heavy (non-hydrogen) atoms. The lowest BCUT2D eigenvalue weighted by molar-refractivity contribution is -0.139. The van der Waals surface area contributed by atoms with Gasteiger partial charge in [0.2, 0.25) is 0 Å². The van der Waals surface area contributed by atoms with E-state index in [0.29, 0.717) is 11.3 Å². The van der Waals surface area contributed by atoms with E-state index in [4.69, 9.17) is 9.47 Å². The zero-order valence-electron chi connectivity index (χ0n) is 16.9. The predicted molar refractivity (Wildman–Crippen MR) is 114 cm³/mol. The van der Waals surface area contributed by atoms with Gasteiger partial charge >= 0.3 is 12.1 Å². The van der Waals surface area contributed by atoms with Crippen LogP contribution in [0.25, 0.3) is 11.1 Å². The molecule has 1 aromatic heterocycles. The summed E-state index contributed by atoms with van der Waals surface area (Å²) in [4.78, 5) is 28.1. The largest absolute Gasteiger partial charge is 0.495 e. The van der Waals surface area contributed by atoms with Gasteiger partial charge < -0.3 is 19.9 Å². The molecule has 1 aliphatic rings. The number of fused-ring (bicyclic) bond motifs is 3. The van der Waals surface area contributed by atoms with Crippen LogP contribution in [0, 0.1) is 0 Å². The predicted octanol–water partition coefficient (Wildman–Crippen LogP) is 3.62. The lowest BCUT2D eigenvalue weighted by atomic mass is 9.98. The van der Waals surface area contributed by atoms with E-state index in [9.17, 15) is 14.7 Å². The summed E-state index contributed by atoms with van der Waals surface area (Å²) in [6.45, 7) is 0.118. The summed E-state index contributed by atoms with van der Waals surface area (Å²) < 4.78 is 10.6. The maximum Gasteiger partial charge on any atom is 0.407 e. The van der Waals surface area contributed by atoms with Crippen LogP contribution >= 0.6 is 0 Å². The molecule has 0 saturated carbocycles. The highest BCUT2D eigenvalue weighted by Crippen LogP contribution is 2.44. The van der Waals surface area contributed by atoms with Crippen molar-refractivity contribution in [3.05, 3.63) is 83.7 Å². The minimum atomic E-state index is -1.16. The molecule has 2 aromatic carbocycles. The number of methoxy groups -OCH3 is 1. The van der Waals surface area contributed by atoms with Crippen molar-refractivity contribution in [2.75, 3.05) is 13.7 Å². The second-order valence-electron chi connectivity index (χ2n) is 7.30. The Morgan fingerprint density at radius 1 is 1.06 bits per heavy atom. The highest BCUT2D eigenvalue weighted by Gasteiger charge is 2.29. The number of amides is 1. The number of nitrogens with zero attached hydrogens (tertiary/aromatic N) is 1. The Bertz CT molecular complexity index is 1070. The standard InChI is InChI=1S/C24H22N2O5/c1-30-16-10-15(12-25-13-16)11-22(23(27)28)26-24(29)31-14-21-19-8-4-2-6-17(19)18-7-3-5-9-20(18)21/h2-10,12-13,21-22H,11,14H2,1H3,(H,26,29)(H,27,28). The quantitative estimate of drug-likeness (QED) is 0.608. The van der Waals surface area contributed by atoms with Crippen LogP contribution < -0.4 is 10.1 Å². The van der Waals surface area contributed by atoms with Gasteiger partial charge in [0.1, 0.15) is 18.4 Å². The van der Waals surface area contributed by atoms with Gasteiger partial charge in [-0.1, -0.05) is 48.5 Å². The van der Waals surface area contributed by atoms with Crippen LogP contribution in [-0.4, -0.2) is 41.9 Å². The Kier molecular flexibility index (Phi) is 5.84. The molecule has 0 bridgehead atoms. The van der Waals surface area contributed by atoms with E-state index in [2.05, 4.69) is 22.4 Å². The van der Waals surface area contributed by atoms with Gasteiger partial charge in [0.15, 0.2) is 0 Å². The number of rotatable bonds is 7. The minimum absolute atomic E-state index is 0.0593. The Hall–Kier alpha value is -3.87. The summed E-state index contributed by atoms with van der Waals surface area (Å²) in [6.07, 6.45) is 2.35. The van der Waals surface area contributed by atoms with Gasteiger partial charge in [-0.05, 0) is 33.9 Å². The number of nitrogens with one attached hydrogen (secondary N) is 1. The number of ether oxygens (including phenoxy) is 2. The number of hydrogen-bond donors (Lipinski definition) is 2. The normalized spacial score (nSPS) is 13.1. The van der Waals surface area contributed by atoms with Crippen LogP contribution in [0.3, 0.4) is 0 Å². The van der Waals surface area contributed by atoms with Gasteiger partial charge in [-0.2, -0.15) is 0 Å². The van der Waals surface area contributed by atoms with E-state index < -0.39 is 18.1 Å². The Labute approximate surface area is 179 Å². The third-order valence-corrected chi connectivity index (χ3v) is 5.38. The molecule has 1 amide bonds. The summed E-state index contributed by atoms with van der Waals surface area (Å²) in [5, 5.41) is 12.0. The van der Waals surface area contributed by atoms with Gasteiger partial charge in [-0.25, -0.2) is 9.59 Å². The zero-order valence-corrected chi connectivity index (χ0v) is 16.9. The number of aromatic nitrogens is 1. The van der Waals surface area contributed by atoms with Gasteiger partial charge in [0.05, 0.1) is 13.3 Å². The molecule has 7 nitrogen and oxygen atoms in total. The van der Waals surface area contributed by atoms with Gasteiger partial charge in [-0.3, -0.25) is 4.98 Å². The fraction of sp³-hybridized carbons (Fsp3) is 0.208. The Morgan fingerprint density at radius 3 is 2.32 bits per heavy atom. The van der Waals surface area contributed by atoms with Crippen molar-refractivity contribution in [1.82, 2.24) is 10.3 Å². The average molecular weight is 418 g/mol. The average Bonchev–Trinajstić information content (AvgIpc) is 3.11. The zero-order chi connectivity index (χ0) is 21.8. The van der Waals surface area contributed by atoms with Crippen LogP contribution in [0.1, 0.15) is 22.6 Å². The molecule has 3 aromatic rings. The van der Waals surface area contributed by atoms with E-state index in [1.165, 1.54) is 19.5 Å². The maximum absolute atomic E-state index is 12.4. The van der Waals surface area contributed by atoms with E-state index >= 15 is 0 Å². The molecule has 1 heterocycles. The van der Waals surface area contributed by atoms with Crippen LogP contribution in [0.4, 0.5) is 4.79 Å². The first-order chi connectivity index (χ1) is 15.1. The van der Waals surface area contributed by atoms with E-state index in [1.807, 2.05) is 36.4 Å². The fourth-order valence-electron chi connectivity index (χ4n) is 3.91. The molecule has 0 spiro atoms. The lowest BCUT2D eigenvalue weighted by Crippen LogP contribution is -2.42. The molecule has 1 unspecified atom stereocenters. The molecule has 0 aliphatic heterocycles. The number of aliphatic carboxylic acids is 1. The molecule has 2 N–H and O–H groups in total. The summed E-state index contributed by atoms with van der Waals surface area (Å²) in [6, 6.07) is 16.6. The number of carboxylic acids is 1. The molecule has 0 fully saturated rings. The van der Waals surface area contributed by atoms with Gasteiger partial charge in [0.25, 0.3) is 0 Å². The minimum Gasteiger partial charge on any atom is -0.495 e. The van der Waals surface area contributed by atoms with Gasteiger partial charge in [-0.15, -0.1) is 0 Å². The number of carboxylic acid groups (broad SMARTS) is 1. The molecule has 1 atom stereocenters. The monoisotopic (exact) mass is 418 g/mol. The lowest BCUT2D eigenvalue weighted by Gasteiger charge is -2.17. The summed E-state index contributed by atoms with van der Waals surface area (Å²) >= 11 is 0. The smallest absolute Gasteiger partial charge is 0.407 e. The molecular formula is C24H22N2O5. The summed E-state index contributed by atoms with van der Waals surface area (Å²) in [7, 11) is 1.50. The molecule has 1 aliphatic carbocycles. The molecule has 158 valence electrons. The molecule has 0 radical (unpaired) electrons. The Morgan fingerprint density at radius 2 is 1.71 bits per heavy atom. The summed E-state index contributed by atoms with van der Waals surface area (Å²) in [5.41, 5.74) is 5.07. The third-order valence-electron chi connectivity index (χ3n) is 5.38. The number of hydrogen-bond acceptors (Lipinski definition) is 5. The van der Waals surface area contributed by atoms with Gasteiger partial charge in [0, 0.05) is 18.5 Å². The third kappa shape index (κ3) is 4.35. The van der Waals surface area contributed by atoms with Crippen LogP contribution in [0.2, 0.25) is 0 Å². The molecular weight excluding hydrogens is 396 g/mol. The number of alkyl carbamates (subject to hydrolysis) is 1. The highest BCUT2D eigenvalue weighted by atomic mass is 16.5. The highest BCUT2D eigenvalue weighted by molar-refractivity contribution is 5.81. The number of benzene rings is 2. The fourth-order valence-corrected chi connectivity index (χ4v) is 3.91. The number of pyridine rings is 1. The SMILES string of the molecule is COc1cncc(CC(NC(=O)OCC2c3ccccc3-c3ccccc32)C(=O)O)c1. The maximum atomic E-state index is 12.4. The topological polar surface area (TPSA) is 97.8 Å². The Balaban J connectivity index is 1.43. The van der Waals surface area contributed by atoms with Crippen molar-refractivity contribution >= 4 is 12.1 Å². The number of carbonyl (C=O) groups excluding carboxylic acids is 1. The first-order valence-electron chi connectivity index (χ1n) is 9.89. The van der Waals surface area contributed by atoms with E-state index in [-0.39, 0.29) is 18.9 Å². The van der Waals surface area contributed by atoms with Crippen molar-refractivity contribution in [1.29, 1.82) is 0 Å². The summed E-state index contributed by atoms with van der Waals surface area (Å²) in [5.74, 6) is -0.733. The van der Waals surface area contributed by atoms with E-state index in [1.54, 1.807) is 6.07 Å². The second kappa shape index (κ2) is 8.87. The van der Waals surface area contributed by atoms with Crippen molar-refractivity contribution < 1.29 is 24.2 Å². The van der Waals surface area contributed by atoms with Crippen molar-refractivity contribution in [2.45, 2.75) is 18.4 Å². The number of carbonyl (C=O) groups is 2. The molecule has 7 heteroatoms. The first-order valence-corrected chi connectivity index (χ1v) is 9.89. The molecule has 0 saturated heterocycles. The van der Waals surface area contributed by atoms with Crippen molar-refractivity contribution in [3.8, 4) is 16.9 Å².